The smallest absolute Gasteiger partial charge is 0.187 e. The van der Waals surface area contributed by atoms with Gasteiger partial charge in [0.1, 0.15) is 136 Å². The Morgan fingerprint density at radius 2 is 0.690 bits per heavy atom. The second-order valence-electron chi connectivity index (χ2n) is 22.1. The zero-order valence-electron chi connectivity index (χ0n) is 43.0. The predicted octanol–water partition coefficient (Wildman–Crippen LogP) is -8.17. The Bertz CT molecular complexity index is 1530. The maximum absolute atomic E-state index is 11.8. The molecule has 0 spiro atoms. The van der Waals surface area contributed by atoms with Crippen LogP contribution in [0.3, 0.4) is 0 Å². The number of ether oxygens (including phenoxy) is 12. The van der Waals surface area contributed by atoms with Gasteiger partial charge in [-0.05, 0) is 0 Å². The number of methoxy groups -OCH3 is 2. The van der Waals surface area contributed by atoms with E-state index in [1.807, 2.05) is 63.4 Å². The molecule has 4 rings (SSSR count). The molecular formula is C44H88N3O24+3. The fourth-order valence-electron chi connectivity index (χ4n) is 8.87. The molecule has 0 aromatic carbocycles. The molecule has 4 heterocycles. The van der Waals surface area contributed by atoms with Crippen LogP contribution in [0.1, 0.15) is 0 Å². The average molecular weight is 1040 g/mol. The molecule has 4 saturated heterocycles. The van der Waals surface area contributed by atoms with Gasteiger partial charge >= 0.3 is 0 Å². The molecule has 0 aromatic rings. The van der Waals surface area contributed by atoms with Crippen LogP contribution in [0.2, 0.25) is 0 Å². The second kappa shape index (κ2) is 27.3. The summed E-state index contributed by atoms with van der Waals surface area (Å²) in [5.74, 6) is 0. The van der Waals surface area contributed by atoms with Crippen molar-refractivity contribution in [2.45, 2.75) is 141 Å². The number of aliphatic hydroxyl groups excluding tert-OH is 12. The molecule has 420 valence electrons. The Hall–Kier alpha value is -1.08. The van der Waals surface area contributed by atoms with E-state index in [-0.39, 0.29) is 39.6 Å². The summed E-state index contributed by atoms with van der Waals surface area (Å²) in [6.07, 6.45) is -35.2. The van der Waals surface area contributed by atoms with E-state index < -0.39 is 154 Å². The number of aliphatic hydroxyl groups is 12. The Balaban J connectivity index is 1.53. The van der Waals surface area contributed by atoms with Crippen LogP contribution in [0.4, 0.5) is 0 Å². The van der Waals surface area contributed by atoms with Crippen LogP contribution in [-0.4, -0.2) is 359 Å². The third-order valence-corrected chi connectivity index (χ3v) is 12.2. The standard InChI is InChI=1S/C44H88N3O24/c1-45(2,3)12-22(48)15-62-18-25-29(51)30(52)34(56)42(66-25)65-21-28-40(32(54)35(57)41(61-11)67-28)71-44-37(59)33(55)39(27(69-44)20-64-17-24(50)14-47(7,8)9)70-43-36(58)31(53)38(60-10)26(68-43)19-63-16-23(49)13-46(4,5)6/h22-44,48-59H,12-21H2,1-11H3/q+3/t22?,23?,24?,25-,26-,27?,28-,29-,30?,31?,32?,33-,34?,35?,36?,37?,38+,39+,40+,41-,42-,43+,44-/m0/s1. The molecule has 0 amide bonds. The van der Waals surface area contributed by atoms with Crippen LogP contribution in [0.25, 0.3) is 0 Å². The SMILES string of the molecule is CO[C@H]1O[C@@H](CO[C@H]2O[C@@H](COCC(O)C[N+](C)(C)C)[C@H](O)C(O)C2O)[C@@H](O[C@@H]2OC(COCC(O)C[N+](C)(C)C)[C@@H](O[C@H]3O[C@@H](COCC(O)C[N+](C)(C)C)[C@@H](OC)C(O)C3O)[C@@H](O)C2O)C(O)C1O. The maximum atomic E-state index is 11.8. The van der Waals surface area contributed by atoms with Gasteiger partial charge in [0, 0.05) is 14.2 Å². The fraction of sp³-hybridized carbons (Fsp3) is 1.00. The number of rotatable bonds is 27. The number of quaternary nitrogens is 3. The van der Waals surface area contributed by atoms with Gasteiger partial charge in [-0.15, -0.1) is 0 Å². The van der Waals surface area contributed by atoms with E-state index in [1.54, 1.807) is 0 Å². The lowest BCUT2D eigenvalue weighted by Gasteiger charge is -2.48. The molecular weight excluding hydrogens is 954 g/mol. The molecule has 0 saturated carbocycles. The first-order valence-electron chi connectivity index (χ1n) is 23.9. The van der Waals surface area contributed by atoms with Crippen LogP contribution in [0.5, 0.6) is 0 Å². The third kappa shape index (κ3) is 18.6. The monoisotopic (exact) mass is 1040 g/mol. The topological polar surface area (TPSA) is 354 Å². The van der Waals surface area contributed by atoms with Gasteiger partial charge in [-0.2, -0.15) is 0 Å². The van der Waals surface area contributed by atoms with Crippen LogP contribution >= 0.6 is 0 Å². The summed E-state index contributed by atoms with van der Waals surface area (Å²) in [5.41, 5.74) is 0. The van der Waals surface area contributed by atoms with Crippen molar-refractivity contribution in [2.24, 2.45) is 0 Å². The lowest BCUT2D eigenvalue weighted by atomic mass is 9.96. The number of nitrogens with zero attached hydrogens (tertiary/aromatic N) is 3. The molecule has 27 nitrogen and oxygen atoms in total. The van der Waals surface area contributed by atoms with Gasteiger partial charge in [-0.25, -0.2) is 0 Å². The number of hydrogen-bond acceptors (Lipinski definition) is 24. The van der Waals surface area contributed by atoms with Crippen molar-refractivity contribution >= 4 is 0 Å². The highest BCUT2D eigenvalue weighted by Crippen LogP contribution is 2.34. The van der Waals surface area contributed by atoms with Crippen LogP contribution < -0.4 is 0 Å². The molecule has 11 unspecified atom stereocenters. The van der Waals surface area contributed by atoms with Gasteiger partial charge in [0.05, 0.1) is 110 Å². The van der Waals surface area contributed by atoms with Gasteiger partial charge in [0.25, 0.3) is 0 Å². The molecule has 0 aromatic heterocycles. The highest BCUT2D eigenvalue weighted by Gasteiger charge is 2.55. The molecule has 71 heavy (non-hydrogen) atoms. The molecule has 0 aliphatic carbocycles. The fourth-order valence-corrected chi connectivity index (χ4v) is 8.87. The minimum atomic E-state index is -2.02. The number of hydrogen-bond donors (Lipinski definition) is 12. The van der Waals surface area contributed by atoms with Gasteiger partial charge in [-0.3, -0.25) is 0 Å². The summed E-state index contributed by atoms with van der Waals surface area (Å²) in [7, 11) is 19.4. The van der Waals surface area contributed by atoms with Crippen molar-refractivity contribution in [1.29, 1.82) is 0 Å². The van der Waals surface area contributed by atoms with E-state index in [2.05, 4.69) is 0 Å². The van der Waals surface area contributed by atoms with Crippen LogP contribution in [0.15, 0.2) is 0 Å². The maximum Gasteiger partial charge on any atom is 0.187 e. The molecule has 27 heteroatoms. The minimum Gasteiger partial charge on any atom is -0.387 e. The van der Waals surface area contributed by atoms with E-state index in [1.165, 1.54) is 14.2 Å². The summed E-state index contributed by atoms with van der Waals surface area (Å²) >= 11 is 0. The Morgan fingerprint density at radius 3 is 1.08 bits per heavy atom. The van der Waals surface area contributed by atoms with E-state index in [0.29, 0.717) is 26.5 Å². The van der Waals surface area contributed by atoms with Crippen molar-refractivity contribution in [3.8, 4) is 0 Å². The van der Waals surface area contributed by atoms with E-state index in [0.717, 1.165) is 0 Å². The van der Waals surface area contributed by atoms with Gasteiger partial charge < -0.3 is 132 Å². The van der Waals surface area contributed by atoms with Gasteiger partial charge in [-0.1, -0.05) is 0 Å². The first-order chi connectivity index (χ1) is 32.9. The molecule has 4 fully saturated rings. The first kappa shape index (κ1) is 62.5. The Morgan fingerprint density at radius 1 is 0.366 bits per heavy atom. The third-order valence-electron chi connectivity index (χ3n) is 12.2. The predicted molar refractivity (Wildman–Crippen MR) is 241 cm³/mol. The summed E-state index contributed by atoms with van der Waals surface area (Å²) in [6.45, 7) is -1.07. The van der Waals surface area contributed by atoms with Crippen molar-refractivity contribution in [2.75, 3.05) is 144 Å². The average Bonchev–Trinajstić information content (AvgIpc) is 3.25. The number of likely N-dealkylation sites (N-methyl/N-ethyl adjacent to an activating group) is 3. The second-order valence-corrected chi connectivity index (χ2v) is 22.1. The molecule has 12 N–H and O–H groups in total. The normalized spacial score (nSPS) is 40.1. The first-order valence-corrected chi connectivity index (χ1v) is 23.9. The highest BCUT2D eigenvalue weighted by atomic mass is 16.8. The quantitative estimate of drug-likeness (QED) is 0.0340. The van der Waals surface area contributed by atoms with E-state index in [4.69, 9.17) is 56.8 Å². The van der Waals surface area contributed by atoms with Crippen molar-refractivity contribution in [3.05, 3.63) is 0 Å². The Labute approximate surface area is 415 Å². The highest BCUT2D eigenvalue weighted by molar-refractivity contribution is 4.97. The summed E-state index contributed by atoms with van der Waals surface area (Å²) in [5, 5.41) is 132. The molecule has 0 radical (unpaired) electrons. The van der Waals surface area contributed by atoms with Crippen LogP contribution in [0, 0.1) is 0 Å². The van der Waals surface area contributed by atoms with Gasteiger partial charge in [0.2, 0.25) is 0 Å². The molecule has 4 aliphatic rings. The zero-order chi connectivity index (χ0) is 53.3. The van der Waals surface area contributed by atoms with E-state index >= 15 is 0 Å². The van der Waals surface area contributed by atoms with Crippen LogP contribution in [-0.2, 0) is 56.8 Å². The van der Waals surface area contributed by atoms with Gasteiger partial charge in [0.15, 0.2) is 25.2 Å². The molecule has 23 atom stereocenters. The lowest BCUT2D eigenvalue weighted by molar-refractivity contribution is -0.873. The summed E-state index contributed by atoms with van der Waals surface area (Å²) < 4.78 is 71.0. The molecule has 0 bridgehead atoms. The summed E-state index contributed by atoms with van der Waals surface area (Å²) in [4.78, 5) is 0. The lowest BCUT2D eigenvalue weighted by Crippen LogP contribution is -2.67. The zero-order valence-corrected chi connectivity index (χ0v) is 43.0. The Kier molecular flexibility index (Phi) is 24.0. The van der Waals surface area contributed by atoms with Crippen molar-refractivity contribution < 1.29 is 132 Å². The van der Waals surface area contributed by atoms with Crippen molar-refractivity contribution in [1.82, 2.24) is 0 Å². The van der Waals surface area contributed by atoms with E-state index in [9.17, 15) is 61.3 Å². The molecule has 4 aliphatic heterocycles. The largest absolute Gasteiger partial charge is 0.387 e. The van der Waals surface area contributed by atoms with Crippen molar-refractivity contribution in [3.63, 3.8) is 0 Å². The minimum absolute atomic E-state index is 0.0986. The summed E-state index contributed by atoms with van der Waals surface area (Å²) in [6, 6.07) is 0.